The van der Waals surface area contributed by atoms with Crippen LogP contribution in [0.15, 0.2) is 406 Å². The van der Waals surface area contributed by atoms with E-state index in [4.69, 9.17) is 29.9 Å². The fourth-order valence-corrected chi connectivity index (χ4v) is 16.3. The van der Waals surface area contributed by atoms with Crippen molar-refractivity contribution in [3.8, 4) is 141 Å². The number of benzene rings is 16. The summed E-state index contributed by atoms with van der Waals surface area (Å²) in [6.07, 6.45) is 0. The van der Waals surface area contributed by atoms with Crippen LogP contribution >= 0.6 is 0 Å². The Bertz CT molecular complexity index is 7130. The van der Waals surface area contributed by atoms with Gasteiger partial charge in [-0.3, -0.25) is 0 Å². The largest absolute Gasteiger partial charge is 0.309 e. The Morgan fingerprint density at radius 3 is 0.957 bits per heavy atom. The van der Waals surface area contributed by atoms with Crippen LogP contribution in [-0.2, 0) is 0 Å². The third kappa shape index (κ3) is 13.4. The molecule has 7 nitrogen and oxygen atoms in total. The molecule has 0 fully saturated rings. The van der Waals surface area contributed by atoms with Crippen LogP contribution in [0.25, 0.3) is 206 Å². The molecule has 0 aliphatic heterocycles. The van der Waals surface area contributed by atoms with E-state index in [0.717, 1.165) is 151 Å². The molecule has 21 aromatic rings. The van der Waals surface area contributed by atoms with Gasteiger partial charge in [-0.2, -0.15) is 0 Å². The average Bonchev–Trinajstić information content (AvgIpc) is 1.50. The minimum Gasteiger partial charge on any atom is -0.309 e. The van der Waals surface area contributed by atoms with Gasteiger partial charge in [0.1, 0.15) is 0 Å². The quantitative estimate of drug-likeness (QED) is 0.107. The van der Waals surface area contributed by atoms with Crippen molar-refractivity contribution in [2.75, 3.05) is 0 Å². The van der Waals surface area contributed by atoms with Crippen LogP contribution < -0.4 is 0 Å². The molecule has 0 N–H and O–H groups in total. The second-order valence-corrected chi connectivity index (χ2v) is 29.4. The lowest BCUT2D eigenvalue weighted by atomic mass is 9.92. The van der Waals surface area contributed by atoms with Crippen LogP contribution in [-0.4, -0.2) is 34.5 Å². The Labute approximate surface area is 667 Å². The SMILES string of the molecule is Cc1ccc(-c2cc(-c3cccc(-c4ccc(-c5cccc6c(-c7ccccc7)nc7ccccc7c56)cc4)c3)nc(-c3ccc(C)cc3)n2)cc1.c1ccc(-c2nc(-c3cccc(-c4ccc(-c5cccc6c(-c7ccccc7)nc7ccccc7c56)cc4)c3)cc(-c3cccc(-n4c5ccccc5c5ccccc54)c3)n2)cc1. The number of aromatic nitrogens is 7. The van der Waals surface area contributed by atoms with Gasteiger partial charge in [-0.05, 0) is 119 Å². The van der Waals surface area contributed by atoms with Crippen molar-refractivity contribution >= 4 is 65.2 Å². The van der Waals surface area contributed by atoms with E-state index in [9.17, 15) is 0 Å². The number of hydrogen-bond donors (Lipinski definition) is 0. The standard InChI is InChI=1S/C59H38N4.C49H35N3/c1-3-16-41(17-4-1)58-51-28-15-27-47(57(51)50-26-7-10-29-52(50)60-58)40-34-32-39(33-35-40)43-20-13-21-44(36-43)53-38-54(62-59(61-53)42-18-5-2-6-19-42)45-22-14-23-46(37-45)63-55-30-11-8-24-48(55)49-25-9-12-31-56(49)63;1-32-18-22-36(23-19-32)45-31-46(52-49(51-45)38-24-20-33(2)21-25-38)40-13-8-12-39(30-40)34-26-28-35(29-27-34)41-15-9-16-43-47(41)42-14-6-7-17-44(42)50-48(43)37-10-4-3-5-11-37/h1-38H;3-31H,1-2H3. The summed E-state index contributed by atoms with van der Waals surface area (Å²) in [5.41, 5.74) is 31.0. The van der Waals surface area contributed by atoms with E-state index in [1.54, 1.807) is 0 Å². The topological polar surface area (TPSA) is 82.3 Å². The molecule has 0 amide bonds. The minimum absolute atomic E-state index is 0.688. The predicted octanol–water partition coefficient (Wildman–Crippen LogP) is 28.1. The second kappa shape index (κ2) is 29.9. The van der Waals surface area contributed by atoms with E-state index in [2.05, 4.69) is 401 Å². The summed E-state index contributed by atoms with van der Waals surface area (Å²) < 4.78 is 2.35. The van der Waals surface area contributed by atoms with E-state index < -0.39 is 0 Å². The van der Waals surface area contributed by atoms with E-state index in [1.165, 1.54) is 60.4 Å². The predicted molar refractivity (Wildman–Crippen MR) is 479 cm³/mol. The lowest BCUT2D eigenvalue weighted by Crippen LogP contribution is -1.98. The van der Waals surface area contributed by atoms with Gasteiger partial charge < -0.3 is 4.57 Å². The molecule has 7 heteroatoms. The lowest BCUT2D eigenvalue weighted by molar-refractivity contribution is 1.16. The number of hydrogen-bond acceptors (Lipinski definition) is 6. The van der Waals surface area contributed by atoms with Gasteiger partial charge in [-0.15, -0.1) is 0 Å². The number of aryl methyl sites for hydroxylation is 2. The zero-order valence-electron chi connectivity index (χ0n) is 63.3. The molecule has 115 heavy (non-hydrogen) atoms. The highest BCUT2D eigenvalue weighted by molar-refractivity contribution is 6.19. The van der Waals surface area contributed by atoms with Gasteiger partial charge in [0.25, 0.3) is 0 Å². The fourth-order valence-electron chi connectivity index (χ4n) is 16.3. The summed E-state index contributed by atoms with van der Waals surface area (Å²) in [6, 6.07) is 144. The van der Waals surface area contributed by atoms with Crippen molar-refractivity contribution in [1.29, 1.82) is 0 Å². The number of rotatable bonds is 13. The van der Waals surface area contributed by atoms with E-state index in [-0.39, 0.29) is 0 Å². The van der Waals surface area contributed by atoms with Crippen molar-refractivity contribution in [2.24, 2.45) is 0 Å². The minimum atomic E-state index is 0.688. The van der Waals surface area contributed by atoms with Crippen molar-refractivity contribution in [3.05, 3.63) is 418 Å². The van der Waals surface area contributed by atoms with E-state index >= 15 is 0 Å². The molecule has 0 saturated heterocycles. The summed E-state index contributed by atoms with van der Waals surface area (Å²) >= 11 is 0. The number of para-hydroxylation sites is 4. The normalized spacial score (nSPS) is 11.4. The summed E-state index contributed by atoms with van der Waals surface area (Å²) in [7, 11) is 0. The number of fused-ring (bicyclic) bond motifs is 9. The summed E-state index contributed by atoms with van der Waals surface area (Å²) in [5, 5.41) is 9.51. The van der Waals surface area contributed by atoms with E-state index in [1.807, 2.05) is 24.3 Å². The Balaban J connectivity index is 0.000000152. The molecule has 0 aliphatic rings. The van der Waals surface area contributed by atoms with Crippen LogP contribution in [0.4, 0.5) is 0 Å². The van der Waals surface area contributed by atoms with Gasteiger partial charge >= 0.3 is 0 Å². The third-order valence-corrected chi connectivity index (χ3v) is 22.0. The molecule has 0 spiro atoms. The summed E-state index contributed by atoms with van der Waals surface area (Å²) in [4.78, 5) is 30.8. The molecule has 0 bridgehead atoms. The molecular formula is C108H73N7. The Morgan fingerprint density at radius 2 is 0.504 bits per heavy atom. The third-order valence-electron chi connectivity index (χ3n) is 22.0. The Morgan fingerprint density at radius 1 is 0.191 bits per heavy atom. The zero-order chi connectivity index (χ0) is 76.7. The van der Waals surface area contributed by atoms with E-state index in [0.29, 0.717) is 5.82 Å². The highest BCUT2D eigenvalue weighted by atomic mass is 15.0. The van der Waals surface area contributed by atoms with Gasteiger partial charge in [0.05, 0.1) is 56.2 Å². The molecule has 540 valence electrons. The van der Waals surface area contributed by atoms with Crippen LogP contribution in [0.1, 0.15) is 11.1 Å². The van der Waals surface area contributed by atoms with Crippen LogP contribution in [0, 0.1) is 13.8 Å². The first-order chi connectivity index (χ1) is 56.8. The molecule has 16 aromatic carbocycles. The molecular weight excluding hydrogens is 1400 g/mol. The van der Waals surface area contributed by atoms with Crippen LogP contribution in [0.3, 0.4) is 0 Å². The van der Waals surface area contributed by atoms with Gasteiger partial charge in [-0.1, -0.05) is 357 Å². The molecule has 0 radical (unpaired) electrons. The Hall–Kier alpha value is -15.2. The van der Waals surface area contributed by atoms with Crippen LogP contribution in [0.5, 0.6) is 0 Å². The van der Waals surface area contributed by atoms with Gasteiger partial charge in [0.15, 0.2) is 11.6 Å². The highest BCUT2D eigenvalue weighted by Gasteiger charge is 2.21. The zero-order valence-corrected chi connectivity index (χ0v) is 63.3. The maximum absolute atomic E-state index is 5.20. The summed E-state index contributed by atoms with van der Waals surface area (Å²) in [6.45, 7) is 4.20. The molecule has 21 rings (SSSR count). The second-order valence-electron chi connectivity index (χ2n) is 29.4. The highest BCUT2D eigenvalue weighted by Crippen LogP contribution is 2.43. The average molecular weight is 1470 g/mol. The summed E-state index contributed by atoms with van der Waals surface area (Å²) in [5.74, 6) is 1.41. The first-order valence-electron chi connectivity index (χ1n) is 39.0. The van der Waals surface area contributed by atoms with Crippen molar-refractivity contribution in [2.45, 2.75) is 13.8 Å². The van der Waals surface area contributed by atoms with Crippen LogP contribution in [0.2, 0.25) is 0 Å². The first-order valence-corrected chi connectivity index (χ1v) is 39.0. The van der Waals surface area contributed by atoms with Crippen molar-refractivity contribution in [3.63, 3.8) is 0 Å². The number of pyridine rings is 2. The van der Waals surface area contributed by atoms with Gasteiger partial charge in [-0.25, -0.2) is 29.9 Å². The molecule has 0 aliphatic carbocycles. The number of nitrogens with zero attached hydrogens (tertiary/aromatic N) is 7. The first kappa shape index (κ1) is 69.0. The smallest absolute Gasteiger partial charge is 0.160 e. The van der Waals surface area contributed by atoms with Gasteiger partial charge in [0.2, 0.25) is 0 Å². The Kier molecular flexibility index (Phi) is 18.0. The molecule has 0 saturated carbocycles. The van der Waals surface area contributed by atoms with Gasteiger partial charge in [0, 0.05) is 93.3 Å². The maximum atomic E-state index is 5.20. The van der Waals surface area contributed by atoms with Crippen molar-refractivity contribution < 1.29 is 0 Å². The molecule has 0 atom stereocenters. The molecule has 0 unspecified atom stereocenters. The molecule has 5 aromatic heterocycles. The lowest BCUT2D eigenvalue weighted by Gasteiger charge is -2.15. The molecule has 5 heterocycles. The van der Waals surface area contributed by atoms with Crippen molar-refractivity contribution in [1.82, 2.24) is 34.5 Å². The maximum Gasteiger partial charge on any atom is 0.160 e. The fraction of sp³-hybridized carbons (Fsp3) is 0.0185. The monoisotopic (exact) mass is 1470 g/mol.